The second-order valence-corrected chi connectivity index (χ2v) is 6.27. The van der Waals surface area contributed by atoms with Crippen LogP contribution in [0, 0.1) is 0 Å². The molecule has 1 fully saturated rings. The molecule has 2 rings (SSSR count). The van der Waals surface area contributed by atoms with E-state index in [1.165, 1.54) is 6.42 Å². The average molecular weight is 328 g/mol. The topological polar surface area (TPSA) is 43.7 Å². The molecule has 3 nitrogen and oxygen atoms in total. The first-order valence-electron chi connectivity index (χ1n) is 6.89. The van der Waals surface area contributed by atoms with E-state index in [2.05, 4.69) is 20.8 Å². The maximum Gasteiger partial charge on any atom is 0.0772 e. The van der Waals surface area contributed by atoms with Gasteiger partial charge in [-0.25, -0.2) is 0 Å². The van der Waals surface area contributed by atoms with Gasteiger partial charge in [-0.15, -0.1) is 0 Å². The van der Waals surface area contributed by atoms with E-state index in [1.54, 1.807) is 6.92 Å². The van der Waals surface area contributed by atoms with Crippen molar-refractivity contribution in [3.05, 3.63) is 28.2 Å². The SMILES string of the molecule is CC(O)c1ccc(N(C)C2CCCCC2O)cc1Br. The quantitative estimate of drug-likeness (QED) is 0.895. The van der Waals surface area contributed by atoms with Crippen LogP contribution in [-0.4, -0.2) is 29.4 Å². The predicted octanol–water partition coefficient (Wildman–Crippen LogP) is 3.24. The Morgan fingerprint density at radius 3 is 2.58 bits per heavy atom. The summed E-state index contributed by atoms with van der Waals surface area (Å²) in [7, 11) is 2.03. The Bertz CT molecular complexity index is 436. The molecule has 1 aromatic rings. The molecule has 3 unspecified atom stereocenters. The number of aliphatic hydroxyl groups excluding tert-OH is 2. The predicted molar refractivity (Wildman–Crippen MR) is 81.4 cm³/mol. The summed E-state index contributed by atoms with van der Waals surface area (Å²) in [5.41, 5.74) is 1.96. The van der Waals surface area contributed by atoms with E-state index >= 15 is 0 Å². The Morgan fingerprint density at radius 2 is 2.00 bits per heavy atom. The Balaban J connectivity index is 2.19. The normalized spacial score (nSPS) is 25.1. The monoisotopic (exact) mass is 327 g/mol. The van der Waals surface area contributed by atoms with Gasteiger partial charge in [-0.2, -0.15) is 0 Å². The number of benzene rings is 1. The number of hydrogen-bond acceptors (Lipinski definition) is 3. The standard InChI is InChI=1S/C15H22BrNO2/c1-10(18)12-8-7-11(9-13(12)16)17(2)14-5-3-4-6-15(14)19/h7-10,14-15,18-19H,3-6H2,1-2H3. The van der Waals surface area contributed by atoms with Crippen LogP contribution in [0.3, 0.4) is 0 Å². The molecule has 1 aliphatic carbocycles. The molecule has 0 bridgehead atoms. The number of hydrogen-bond donors (Lipinski definition) is 2. The molecule has 1 saturated carbocycles. The van der Waals surface area contributed by atoms with E-state index in [9.17, 15) is 10.2 Å². The fourth-order valence-electron chi connectivity index (χ4n) is 2.81. The third kappa shape index (κ3) is 3.30. The summed E-state index contributed by atoms with van der Waals surface area (Å²) in [5, 5.41) is 19.8. The average Bonchev–Trinajstić information content (AvgIpc) is 2.38. The molecule has 19 heavy (non-hydrogen) atoms. The van der Waals surface area contributed by atoms with Crippen LogP contribution in [0.5, 0.6) is 0 Å². The van der Waals surface area contributed by atoms with Crippen LogP contribution in [0.1, 0.15) is 44.3 Å². The van der Waals surface area contributed by atoms with Crippen molar-refractivity contribution in [2.75, 3.05) is 11.9 Å². The van der Waals surface area contributed by atoms with Gasteiger partial charge in [0.15, 0.2) is 0 Å². The van der Waals surface area contributed by atoms with Crippen molar-refractivity contribution in [1.29, 1.82) is 0 Å². The minimum atomic E-state index is -0.478. The molecule has 0 spiro atoms. The van der Waals surface area contributed by atoms with E-state index < -0.39 is 6.10 Å². The highest BCUT2D eigenvalue weighted by Crippen LogP contribution is 2.31. The zero-order valence-corrected chi connectivity index (χ0v) is 13.1. The molecule has 2 N–H and O–H groups in total. The molecule has 1 aliphatic rings. The van der Waals surface area contributed by atoms with E-state index in [1.807, 2.05) is 25.2 Å². The van der Waals surface area contributed by atoms with Gasteiger partial charge in [0.25, 0.3) is 0 Å². The highest BCUT2D eigenvalue weighted by Gasteiger charge is 2.27. The van der Waals surface area contributed by atoms with Crippen LogP contribution in [0.2, 0.25) is 0 Å². The zero-order chi connectivity index (χ0) is 14.0. The maximum atomic E-state index is 10.1. The van der Waals surface area contributed by atoms with Gasteiger partial charge in [0, 0.05) is 17.2 Å². The first-order chi connectivity index (χ1) is 9.00. The first-order valence-corrected chi connectivity index (χ1v) is 7.68. The van der Waals surface area contributed by atoms with Gasteiger partial charge in [-0.3, -0.25) is 0 Å². The van der Waals surface area contributed by atoms with Crippen LogP contribution in [0.4, 0.5) is 5.69 Å². The van der Waals surface area contributed by atoms with E-state index in [0.717, 1.165) is 35.0 Å². The molecule has 1 aromatic carbocycles. The number of nitrogens with zero attached hydrogens (tertiary/aromatic N) is 1. The molecule has 0 saturated heterocycles. The van der Waals surface area contributed by atoms with Crippen molar-refractivity contribution in [3.8, 4) is 0 Å². The lowest BCUT2D eigenvalue weighted by Gasteiger charge is -2.36. The van der Waals surface area contributed by atoms with Crippen molar-refractivity contribution in [2.45, 2.75) is 50.9 Å². The largest absolute Gasteiger partial charge is 0.391 e. The fourth-order valence-corrected chi connectivity index (χ4v) is 3.51. The van der Waals surface area contributed by atoms with Crippen molar-refractivity contribution >= 4 is 21.6 Å². The molecule has 0 heterocycles. The Morgan fingerprint density at radius 1 is 1.32 bits per heavy atom. The number of halogens is 1. The zero-order valence-electron chi connectivity index (χ0n) is 11.5. The molecule has 0 radical (unpaired) electrons. The number of aliphatic hydroxyl groups is 2. The summed E-state index contributed by atoms with van der Waals surface area (Å²) in [5.74, 6) is 0. The Kier molecular flexibility index (Phi) is 4.87. The summed E-state index contributed by atoms with van der Waals surface area (Å²) in [6.07, 6.45) is 3.51. The van der Waals surface area contributed by atoms with Crippen LogP contribution in [-0.2, 0) is 0 Å². The minimum absolute atomic E-state index is 0.193. The molecular formula is C15H22BrNO2. The summed E-state index contributed by atoms with van der Waals surface area (Å²) in [6, 6.07) is 6.16. The first kappa shape index (κ1) is 14.8. The molecule has 4 heteroatoms. The highest BCUT2D eigenvalue weighted by molar-refractivity contribution is 9.10. The second kappa shape index (κ2) is 6.25. The lowest BCUT2D eigenvalue weighted by molar-refractivity contribution is 0.106. The van der Waals surface area contributed by atoms with Gasteiger partial charge in [-0.1, -0.05) is 34.8 Å². The van der Waals surface area contributed by atoms with Gasteiger partial charge >= 0.3 is 0 Å². The van der Waals surface area contributed by atoms with Crippen molar-refractivity contribution in [1.82, 2.24) is 0 Å². The van der Waals surface area contributed by atoms with Crippen molar-refractivity contribution < 1.29 is 10.2 Å². The summed E-state index contributed by atoms with van der Waals surface area (Å²) < 4.78 is 0.914. The summed E-state index contributed by atoms with van der Waals surface area (Å²) >= 11 is 3.51. The van der Waals surface area contributed by atoms with Crippen LogP contribution < -0.4 is 4.90 Å². The molecule has 0 aromatic heterocycles. The number of rotatable bonds is 3. The third-order valence-corrected chi connectivity index (χ3v) is 4.72. The van der Waals surface area contributed by atoms with Gasteiger partial charge < -0.3 is 15.1 Å². The Labute approximate surface area is 123 Å². The van der Waals surface area contributed by atoms with Gasteiger partial charge in [-0.05, 0) is 37.5 Å². The number of likely N-dealkylation sites (N-methyl/N-ethyl adjacent to an activating group) is 1. The maximum absolute atomic E-state index is 10.1. The van der Waals surface area contributed by atoms with Gasteiger partial charge in [0.05, 0.1) is 18.2 Å². The summed E-state index contributed by atoms with van der Waals surface area (Å²) in [4.78, 5) is 2.15. The van der Waals surface area contributed by atoms with E-state index in [-0.39, 0.29) is 12.1 Å². The molecule has 106 valence electrons. The minimum Gasteiger partial charge on any atom is -0.391 e. The lowest BCUT2D eigenvalue weighted by Crippen LogP contribution is -2.43. The molecule has 0 aliphatic heterocycles. The van der Waals surface area contributed by atoms with Crippen molar-refractivity contribution in [3.63, 3.8) is 0 Å². The van der Waals surface area contributed by atoms with Crippen LogP contribution in [0.15, 0.2) is 22.7 Å². The van der Waals surface area contributed by atoms with E-state index in [0.29, 0.717) is 0 Å². The smallest absolute Gasteiger partial charge is 0.0772 e. The fraction of sp³-hybridized carbons (Fsp3) is 0.600. The van der Waals surface area contributed by atoms with Crippen LogP contribution >= 0.6 is 15.9 Å². The van der Waals surface area contributed by atoms with E-state index in [4.69, 9.17) is 0 Å². The lowest BCUT2D eigenvalue weighted by atomic mass is 9.91. The molecular weight excluding hydrogens is 306 g/mol. The summed E-state index contributed by atoms with van der Waals surface area (Å²) in [6.45, 7) is 1.76. The third-order valence-electron chi connectivity index (χ3n) is 4.03. The van der Waals surface area contributed by atoms with Gasteiger partial charge in [0.2, 0.25) is 0 Å². The second-order valence-electron chi connectivity index (χ2n) is 5.41. The molecule has 3 atom stereocenters. The highest BCUT2D eigenvalue weighted by atomic mass is 79.9. The number of anilines is 1. The Hall–Kier alpha value is -0.580. The van der Waals surface area contributed by atoms with Gasteiger partial charge in [0.1, 0.15) is 0 Å². The molecule has 0 amide bonds. The van der Waals surface area contributed by atoms with Crippen LogP contribution in [0.25, 0.3) is 0 Å². The van der Waals surface area contributed by atoms with Crippen molar-refractivity contribution in [2.24, 2.45) is 0 Å².